The predicted octanol–water partition coefficient (Wildman–Crippen LogP) is 0.306. The molecule has 0 atom stereocenters. The zero-order valence-electron chi connectivity index (χ0n) is 4.06. The van der Waals surface area contributed by atoms with Crippen LogP contribution in [0.25, 0.3) is 0 Å². The lowest BCUT2D eigenvalue weighted by molar-refractivity contribution is 2.03. The minimum absolute atomic E-state index is 0. The number of hydrogen-bond acceptors (Lipinski definition) is 1. The molecule has 8 heavy (non-hydrogen) atoms. The molecular weight excluding hydrogens is 122 g/mol. The minimum Gasteiger partial charge on any atom is -0.152 e. The van der Waals surface area contributed by atoms with E-state index in [1.807, 2.05) is 22.9 Å². The number of rotatable bonds is 0. The van der Waals surface area contributed by atoms with Crippen LogP contribution < -0.4 is 18.5 Å². The Labute approximate surface area is 53.5 Å². The molecule has 41 valence electrons. The van der Waals surface area contributed by atoms with E-state index in [0.717, 1.165) is 0 Å². The first-order valence-electron chi connectivity index (χ1n) is 1.47. The maximum Gasteiger partial charge on any atom is 0 e. The average molecular weight is 126 g/mol. The molecular formula is C4H4N3S. The molecule has 0 saturated carbocycles. The van der Waals surface area contributed by atoms with E-state index in [9.17, 15) is 0 Å². The second-order valence-electron chi connectivity index (χ2n) is 0.793. The van der Waals surface area contributed by atoms with Gasteiger partial charge in [0, 0.05) is 18.5 Å². The molecule has 1 aromatic heterocycles. The molecule has 0 bridgehead atoms. The lowest BCUT2D eigenvalue weighted by Crippen LogP contribution is -1.16. The van der Waals surface area contributed by atoms with Crippen LogP contribution >= 0.6 is 11.3 Å². The maximum absolute atomic E-state index is 2.04. The van der Waals surface area contributed by atoms with Crippen LogP contribution in [0.1, 0.15) is 0 Å². The zero-order valence-corrected chi connectivity index (χ0v) is 4.88. The van der Waals surface area contributed by atoms with Crippen molar-refractivity contribution in [3.63, 3.8) is 0 Å². The van der Waals surface area contributed by atoms with E-state index < -0.39 is 0 Å². The molecule has 1 heterocycles. The van der Waals surface area contributed by atoms with E-state index in [-0.39, 0.29) is 18.5 Å². The number of thiophene rings is 1. The molecule has 0 fully saturated rings. The highest BCUT2D eigenvalue weighted by molar-refractivity contribution is 7.07. The average Bonchev–Trinajstić information content (AvgIpc) is 1.76. The quantitative estimate of drug-likeness (QED) is 0.478. The van der Waals surface area contributed by atoms with Crippen molar-refractivity contribution >= 4 is 11.3 Å². The summed E-state index contributed by atoms with van der Waals surface area (Å²) in [6, 6.07) is 4.04. The summed E-state index contributed by atoms with van der Waals surface area (Å²) in [5.74, 6) is 0. The maximum atomic E-state index is 2.04. The van der Waals surface area contributed by atoms with Gasteiger partial charge in [-0.05, 0) is 10.8 Å². The van der Waals surface area contributed by atoms with Crippen LogP contribution in [0.15, 0.2) is 22.9 Å². The van der Waals surface area contributed by atoms with Gasteiger partial charge in [-0.15, -0.1) is 0 Å². The van der Waals surface area contributed by atoms with Gasteiger partial charge in [-0.3, -0.25) is 0 Å². The Morgan fingerprint density at radius 2 is 1.12 bits per heavy atom. The van der Waals surface area contributed by atoms with Gasteiger partial charge in [0.05, 0.1) is 0 Å². The fourth-order valence-corrected chi connectivity index (χ4v) is 0.680. The molecule has 0 aliphatic heterocycles. The first-order chi connectivity index (χ1) is 2.50. The van der Waals surface area contributed by atoms with Crippen molar-refractivity contribution in [2.45, 2.75) is 0 Å². The summed E-state index contributed by atoms with van der Waals surface area (Å²) >= 11 is 1.71. The van der Waals surface area contributed by atoms with Gasteiger partial charge in [-0.25, -0.2) is 0 Å². The van der Waals surface area contributed by atoms with Gasteiger partial charge in [0.25, 0.3) is 0 Å². The monoisotopic (exact) mass is 126 g/mol. The summed E-state index contributed by atoms with van der Waals surface area (Å²) in [5, 5.41) is 4.08. The molecule has 0 unspecified atom stereocenters. The molecule has 0 aliphatic rings. The fraction of sp³-hybridized carbons (Fsp3) is 0. The number of nitrogens with zero attached hydrogens (tertiary/aromatic N) is 3. The first-order valence-corrected chi connectivity index (χ1v) is 2.41. The Hall–Kier alpha value is -0.420. The molecule has 0 aromatic carbocycles. The van der Waals surface area contributed by atoms with Crippen molar-refractivity contribution in [2.75, 3.05) is 0 Å². The lowest BCUT2D eigenvalue weighted by Gasteiger charge is -1.39. The van der Waals surface area contributed by atoms with E-state index in [1.54, 1.807) is 11.3 Å². The second kappa shape index (κ2) is 9.77. The molecule has 1 aromatic rings. The molecule has 4 heteroatoms. The molecule has 9 radical (unpaired) electrons. The largest absolute Gasteiger partial charge is 0.152 e. The van der Waals surface area contributed by atoms with Crippen LogP contribution in [0, 0.1) is 0 Å². The van der Waals surface area contributed by atoms with Crippen molar-refractivity contribution in [2.24, 2.45) is 0 Å². The van der Waals surface area contributed by atoms with Gasteiger partial charge < -0.3 is 0 Å². The van der Waals surface area contributed by atoms with Crippen LogP contribution in [-0.4, -0.2) is 0 Å². The fourth-order valence-electron chi connectivity index (χ4n) is 0.227. The van der Waals surface area contributed by atoms with Crippen molar-refractivity contribution < 1.29 is 0 Å². The topological polar surface area (TPSA) is 91.5 Å². The normalized spacial score (nSPS) is 5.00. The standard InChI is InChI=1S/C4H4S.3N/c1-2-4-5-3-1;;;/h1-4H;;;. The Morgan fingerprint density at radius 1 is 0.750 bits per heavy atom. The van der Waals surface area contributed by atoms with Gasteiger partial charge >= 0.3 is 0 Å². The smallest absolute Gasteiger partial charge is 0 e. The minimum atomic E-state index is 0. The summed E-state index contributed by atoms with van der Waals surface area (Å²) in [5.41, 5.74) is 0. The van der Waals surface area contributed by atoms with Gasteiger partial charge in [0.1, 0.15) is 0 Å². The Bertz CT molecular complexity index is 67.8. The van der Waals surface area contributed by atoms with E-state index in [1.165, 1.54) is 0 Å². The van der Waals surface area contributed by atoms with Gasteiger partial charge in [0.2, 0.25) is 0 Å². The first kappa shape index (κ1) is 15.6. The third kappa shape index (κ3) is 5.58. The predicted molar refractivity (Wildman–Crippen MR) is 30.7 cm³/mol. The SMILES string of the molecule is [N].[N].[N].c1ccsc1. The number of hydrogen-bond donors (Lipinski definition) is 0. The zero-order chi connectivity index (χ0) is 3.54. The van der Waals surface area contributed by atoms with Gasteiger partial charge in [-0.2, -0.15) is 11.3 Å². The van der Waals surface area contributed by atoms with E-state index in [2.05, 4.69) is 0 Å². The van der Waals surface area contributed by atoms with Crippen molar-refractivity contribution in [1.29, 1.82) is 0 Å². The van der Waals surface area contributed by atoms with Crippen LogP contribution in [-0.2, 0) is 0 Å². The van der Waals surface area contributed by atoms with E-state index >= 15 is 0 Å². The van der Waals surface area contributed by atoms with E-state index in [4.69, 9.17) is 0 Å². The van der Waals surface area contributed by atoms with Crippen LogP contribution in [0.4, 0.5) is 0 Å². The third-order valence-electron chi connectivity index (χ3n) is 0.425. The summed E-state index contributed by atoms with van der Waals surface area (Å²) in [6.07, 6.45) is 0. The Balaban J connectivity index is -0.0000000833. The summed E-state index contributed by atoms with van der Waals surface area (Å²) < 4.78 is 0. The summed E-state index contributed by atoms with van der Waals surface area (Å²) in [4.78, 5) is 0. The van der Waals surface area contributed by atoms with Gasteiger partial charge in [-0.1, -0.05) is 12.1 Å². The highest BCUT2D eigenvalue weighted by Crippen LogP contribution is 1.91. The molecule has 0 saturated heterocycles. The van der Waals surface area contributed by atoms with Crippen LogP contribution in [0.2, 0.25) is 0 Å². The third-order valence-corrected chi connectivity index (χ3v) is 1.05. The summed E-state index contributed by atoms with van der Waals surface area (Å²) in [6.45, 7) is 0. The molecule has 0 aliphatic carbocycles. The van der Waals surface area contributed by atoms with Gasteiger partial charge in [0.15, 0.2) is 0 Å². The Kier molecular flexibility index (Phi) is 19.1. The molecule has 0 spiro atoms. The molecule has 3 nitrogen and oxygen atoms in total. The highest BCUT2D eigenvalue weighted by atomic mass is 32.1. The van der Waals surface area contributed by atoms with Crippen molar-refractivity contribution in [3.8, 4) is 0 Å². The molecule has 1 rings (SSSR count). The Morgan fingerprint density at radius 3 is 1.25 bits per heavy atom. The molecule has 0 amide bonds. The van der Waals surface area contributed by atoms with Crippen LogP contribution in [0.5, 0.6) is 0 Å². The second-order valence-corrected chi connectivity index (χ2v) is 1.61. The van der Waals surface area contributed by atoms with E-state index in [0.29, 0.717) is 0 Å². The molecule has 0 N–H and O–H groups in total. The lowest BCUT2D eigenvalue weighted by atomic mass is 10.7. The highest BCUT2D eigenvalue weighted by Gasteiger charge is 1.58. The van der Waals surface area contributed by atoms with Crippen molar-refractivity contribution in [3.05, 3.63) is 22.9 Å². The van der Waals surface area contributed by atoms with Crippen molar-refractivity contribution in [1.82, 2.24) is 18.5 Å². The summed E-state index contributed by atoms with van der Waals surface area (Å²) in [7, 11) is 0. The van der Waals surface area contributed by atoms with Crippen LogP contribution in [0.3, 0.4) is 0 Å².